The normalized spacial score (nSPS) is 18.1. The minimum Gasteiger partial charge on any atom is -0.494 e. The Balaban J connectivity index is 2.14. The molecule has 1 atom stereocenters. The van der Waals surface area contributed by atoms with Crippen LogP contribution in [0.1, 0.15) is 25.8 Å². The van der Waals surface area contributed by atoms with Gasteiger partial charge in [0.25, 0.3) is 0 Å². The zero-order valence-electron chi connectivity index (χ0n) is 11.7. The molecule has 0 aromatic heterocycles. The van der Waals surface area contributed by atoms with Crippen LogP contribution in [0.3, 0.4) is 0 Å². The van der Waals surface area contributed by atoms with Crippen LogP contribution in [0.15, 0.2) is 29.5 Å². The predicted molar refractivity (Wildman–Crippen MR) is 74.7 cm³/mol. The lowest BCUT2D eigenvalue weighted by Crippen LogP contribution is -2.33. The number of carbonyl (C=O) groups is 1. The summed E-state index contributed by atoms with van der Waals surface area (Å²) in [7, 11) is 0. The first-order chi connectivity index (χ1) is 9.65. The Morgan fingerprint density at radius 2 is 2.25 bits per heavy atom. The highest BCUT2D eigenvalue weighted by atomic mass is 19.1. The maximum Gasteiger partial charge on any atom is 0.142 e. The summed E-state index contributed by atoms with van der Waals surface area (Å²) in [5.41, 5.74) is 8.03. The Hall–Kier alpha value is -1.88. The van der Waals surface area contributed by atoms with Gasteiger partial charge < -0.3 is 15.0 Å². The first-order valence-electron chi connectivity index (χ1n) is 6.73. The molecule has 2 rings (SSSR count). The molecule has 1 aromatic rings. The van der Waals surface area contributed by atoms with Crippen molar-refractivity contribution in [3.8, 4) is 5.75 Å². The van der Waals surface area contributed by atoms with Crippen molar-refractivity contribution in [1.82, 2.24) is 10.9 Å². The van der Waals surface area contributed by atoms with Crippen LogP contribution in [-0.2, 0) is 11.2 Å². The summed E-state index contributed by atoms with van der Waals surface area (Å²) in [6.07, 6.45) is 2.10. The number of aldehydes is 1. The van der Waals surface area contributed by atoms with Gasteiger partial charge in [-0.25, -0.2) is 9.82 Å². The maximum atomic E-state index is 14.1. The summed E-state index contributed by atoms with van der Waals surface area (Å²) in [6.45, 7) is 4.44. The molecule has 0 spiro atoms. The molecule has 1 unspecified atom stereocenters. The number of ether oxygens (including phenoxy) is 1. The van der Waals surface area contributed by atoms with Crippen molar-refractivity contribution in [2.75, 3.05) is 6.61 Å². The van der Waals surface area contributed by atoms with Crippen molar-refractivity contribution in [3.63, 3.8) is 0 Å². The third-order valence-electron chi connectivity index (χ3n) is 3.29. The van der Waals surface area contributed by atoms with Crippen LogP contribution in [0.2, 0.25) is 0 Å². The van der Waals surface area contributed by atoms with Gasteiger partial charge >= 0.3 is 0 Å². The highest BCUT2D eigenvalue weighted by Gasteiger charge is 2.23. The molecule has 4 nitrogen and oxygen atoms in total. The predicted octanol–water partition coefficient (Wildman–Crippen LogP) is 2.11. The minimum absolute atomic E-state index is 0.310. The molecule has 1 aliphatic rings. The fraction of sp³-hybridized carbons (Fsp3) is 0.400. The van der Waals surface area contributed by atoms with Crippen LogP contribution in [0.4, 0.5) is 4.39 Å². The van der Waals surface area contributed by atoms with Crippen LogP contribution in [0, 0.1) is 5.82 Å². The number of nitrogens with one attached hydrogen (secondary N) is 2. The first kappa shape index (κ1) is 14.5. The largest absolute Gasteiger partial charge is 0.494 e. The molecule has 20 heavy (non-hydrogen) atoms. The summed E-state index contributed by atoms with van der Waals surface area (Å²) in [4.78, 5) is 11.0. The highest BCUT2D eigenvalue weighted by Crippen LogP contribution is 2.22. The van der Waals surface area contributed by atoms with E-state index < -0.39 is 6.04 Å². The van der Waals surface area contributed by atoms with Gasteiger partial charge in [0.15, 0.2) is 0 Å². The molecule has 1 heterocycles. The zero-order chi connectivity index (χ0) is 14.5. The fourth-order valence-electron chi connectivity index (χ4n) is 2.13. The van der Waals surface area contributed by atoms with E-state index in [1.165, 1.54) is 6.07 Å². The molecule has 2 N–H and O–H groups in total. The Morgan fingerprint density at radius 1 is 1.45 bits per heavy atom. The lowest BCUT2D eigenvalue weighted by atomic mass is 9.99. The Bertz CT molecular complexity index is 529. The molecule has 0 aliphatic carbocycles. The van der Waals surface area contributed by atoms with Gasteiger partial charge in [-0.05, 0) is 30.5 Å². The summed E-state index contributed by atoms with van der Waals surface area (Å²) in [5, 5.41) is 0. The van der Waals surface area contributed by atoms with Gasteiger partial charge in [-0.2, -0.15) is 0 Å². The van der Waals surface area contributed by atoms with E-state index in [2.05, 4.69) is 10.9 Å². The summed E-state index contributed by atoms with van der Waals surface area (Å²) < 4.78 is 19.4. The SMILES string of the molecule is CCCOc1ccc(CC2=C(C)NNC2C=O)c(F)c1. The van der Waals surface area contributed by atoms with Gasteiger partial charge in [0, 0.05) is 18.2 Å². The van der Waals surface area contributed by atoms with E-state index in [1.807, 2.05) is 13.8 Å². The highest BCUT2D eigenvalue weighted by molar-refractivity contribution is 5.65. The third-order valence-corrected chi connectivity index (χ3v) is 3.29. The average molecular weight is 278 g/mol. The van der Waals surface area contributed by atoms with Crippen LogP contribution in [-0.4, -0.2) is 18.9 Å². The number of hydrogen-bond acceptors (Lipinski definition) is 4. The third kappa shape index (κ3) is 3.17. The van der Waals surface area contributed by atoms with Gasteiger partial charge in [0.1, 0.15) is 23.9 Å². The van der Waals surface area contributed by atoms with Crippen molar-refractivity contribution in [1.29, 1.82) is 0 Å². The summed E-state index contributed by atoms with van der Waals surface area (Å²) >= 11 is 0. The first-order valence-corrected chi connectivity index (χ1v) is 6.73. The van der Waals surface area contributed by atoms with E-state index >= 15 is 0 Å². The molecule has 0 saturated heterocycles. The van der Waals surface area contributed by atoms with Crippen LogP contribution in [0.25, 0.3) is 0 Å². The zero-order valence-corrected chi connectivity index (χ0v) is 11.7. The molecular weight excluding hydrogens is 259 g/mol. The lowest BCUT2D eigenvalue weighted by Gasteiger charge is -2.10. The number of halogens is 1. The van der Waals surface area contributed by atoms with Crippen LogP contribution in [0.5, 0.6) is 5.75 Å². The van der Waals surface area contributed by atoms with E-state index in [4.69, 9.17) is 4.74 Å². The monoisotopic (exact) mass is 278 g/mol. The molecular formula is C15H19FN2O2. The Morgan fingerprint density at radius 3 is 2.90 bits per heavy atom. The molecule has 0 amide bonds. The second kappa shape index (κ2) is 6.52. The Kier molecular flexibility index (Phi) is 4.74. The van der Waals surface area contributed by atoms with Crippen molar-refractivity contribution < 1.29 is 13.9 Å². The molecule has 108 valence electrons. The summed E-state index contributed by atoms with van der Waals surface area (Å²) in [6, 6.07) is 4.47. The lowest BCUT2D eigenvalue weighted by molar-refractivity contribution is -0.108. The van der Waals surface area contributed by atoms with Crippen LogP contribution < -0.4 is 15.6 Å². The van der Waals surface area contributed by atoms with Gasteiger partial charge in [-0.1, -0.05) is 13.0 Å². The topological polar surface area (TPSA) is 50.4 Å². The Labute approximate surface area is 118 Å². The number of hydrogen-bond donors (Lipinski definition) is 2. The van der Waals surface area contributed by atoms with Gasteiger partial charge in [0.05, 0.1) is 6.61 Å². The van der Waals surface area contributed by atoms with Gasteiger partial charge in [-0.15, -0.1) is 0 Å². The standard InChI is InChI=1S/C15H19FN2O2/c1-3-6-20-12-5-4-11(14(16)8-12)7-13-10(2)17-18-15(13)9-19/h4-5,8-9,15,17-18H,3,6-7H2,1-2H3. The van der Waals surface area contributed by atoms with E-state index in [1.54, 1.807) is 12.1 Å². The smallest absolute Gasteiger partial charge is 0.142 e. The van der Waals surface area contributed by atoms with E-state index in [-0.39, 0.29) is 5.82 Å². The molecule has 5 heteroatoms. The molecule has 0 fully saturated rings. The average Bonchev–Trinajstić information content (AvgIpc) is 2.80. The van der Waals surface area contributed by atoms with Crippen molar-refractivity contribution in [2.24, 2.45) is 0 Å². The fourth-order valence-corrected chi connectivity index (χ4v) is 2.13. The quantitative estimate of drug-likeness (QED) is 0.783. The molecule has 1 aromatic carbocycles. The molecule has 0 bridgehead atoms. The minimum atomic E-state index is -0.398. The number of hydrazine groups is 1. The molecule has 1 aliphatic heterocycles. The number of allylic oxidation sites excluding steroid dienone is 1. The molecule has 0 saturated carbocycles. The second-order valence-corrected chi connectivity index (χ2v) is 4.81. The van der Waals surface area contributed by atoms with Crippen molar-refractivity contribution >= 4 is 6.29 Å². The van der Waals surface area contributed by atoms with Crippen molar-refractivity contribution in [2.45, 2.75) is 32.7 Å². The van der Waals surface area contributed by atoms with Gasteiger partial charge in [-0.3, -0.25) is 0 Å². The molecule has 0 radical (unpaired) electrons. The van der Waals surface area contributed by atoms with E-state index in [0.717, 1.165) is 24.0 Å². The van der Waals surface area contributed by atoms with Crippen molar-refractivity contribution in [3.05, 3.63) is 40.8 Å². The number of benzene rings is 1. The van der Waals surface area contributed by atoms with E-state index in [0.29, 0.717) is 24.3 Å². The van der Waals surface area contributed by atoms with Gasteiger partial charge in [0.2, 0.25) is 0 Å². The van der Waals surface area contributed by atoms with Crippen LogP contribution >= 0.6 is 0 Å². The number of rotatable bonds is 6. The van der Waals surface area contributed by atoms with E-state index in [9.17, 15) is 9.18 Å². The number of carbonyl (C=O) groups excluding carboxylic acids is 1. The maximum absolute atomic E-state index is 14.1. The summed E-state index contributed by atoms with van der Waals surface area (Å²) in [5.74, 6) is 0.226. The second-order valence-electron chi connectivity index (χ2n) is 4.81.